The molecule has 0 spiro atoms. The number of benzene rings is 1. The van der Waals surface area contributed by atoms with Gasteiger partial charge in [0.25, 0.3) is 0 Å². The molecule has 5 rings (SSSR count). The van der Waals surface area contributed by atoms with Crippen molar-refractivity contribution < 1.29 is 9.53 Å². The molecule has 3 heterocycles. The summed E-state index contributed by atoms with van der Waals surface area (Å²) >= 11 is 0. The lowest BCUT2D eigenvalue weighted by Crippen LogP contribution is -2.33. The average molecular weight is 486 g/mol. The third kappa shape index (κ3) is 4.86. The number of aryl methyl sites for hydroxylation is 1. The van der Waals surface area contributed by atoms with Gasteiger partial charge < -0.3 is 15.0 Å². The van der Waals surface area contributed by atoms with Crippen LogP contribution in [0.15, 0.2) is 54.9 Å². The Morgan fingerprint density at radius 2 is 2.00 bits per heavy atom. The highest BCUT2D eigenvalue weighted by molar-refractivity contribution is 6.09. The third-order valence-electron chi connectivity index (χ3n) is 7.21. The highest BCUT2D eigenvalue weighted by Gasteiger charge is 2.28. The minimum Gasteiger partial charge on any atom is -0.465 e. The second-order valence-electron chi connectivity index (χ2n) is 9.48. The second-order valence-corrected chi connectivity index (χ2v) is 9.48. The van der Waals surface area contributed by atoms with Gasteiger partial charge in [0.05, 0.1) is 29.6 Å². The molecule has 7 heteroatoms. The summed E-state index contributed by atoms with van der Waals surface area (Å²) in [6, 6.07) is 14.8. The monoisotopic (exact) mass is 485 g/mol. The lowest BCUT2D eigenvalue weighted by Gasteiger charge is -2.35. The predicted molar refractivity (Wildman–Crippen MR) is 142 cm³/mol. The zero-order valence-electron chi connectivity index (χ0n) is 21.0. The second kappa shape index (κ2) is 11.2. The van der Waals surface area contributed by atoms with E-state index in [2.05, 4.69) is 33.7 Å². The van der Waals surface area contributed by atoms with Gasteiger partial charge in [0.2, 0.25) is 0 Å². The van der Waals surface area contributed by atoms with Gasteiger partial charge in [0.15, 0.2) is 0 Å². The number of ether oxygens (including phenoxy) is 1. The summed E-state index contributed by atoms with van der Waals surface area (Å²) in [5.41, 5.74) is 11.4. The fraction of sp³-hybridized carbons (Fsp3) is 0.414. The standard InChI is InChI=1S/C29H35N5O2/c1-2-36-27(35)20-34-25-12-4-3-11-22(25)23-14-17-31-24(29(23)34)19-33(18-6-5-15-30)26-13-7-9-21-10-8-16-32-28(21)26/h3-4,8,10-12,14,16-17,26H,2,5-7,9,13,15,18-20,30H2,1H3/t26-/m0/s1. The van der Waals surface area contributed by atoms with Crippen LogP contribution in [0.2, 0.25) is 0 Å². The number of nitrogens with zero attached hydrogens (tertiary/aromatic N) is 4. The Labute approximate surface area is 212 Å². The molecule has 0 bridgehead atoms. The Balaban J connectivity index is 1.58. The minimum atomic E-state index is -0.236. The number of esters is 1. The number of aromatic nitrogens is 3. The molecule has 0 saturated carbocycles. The van der Waals surface area contributed by atoms with Gasteiger partial charge in [-0.2, -0.15) is 0 Å². The Morgan fingerprint density at radius 1 is 1.11 bits per heavy atom. The number of carbonyl (C=O) groups is 1. The van der Waals surface area contributed by atoms with Gasteiger partial charge in [-0.05, 0) is 75.9 Å². The van der Waals surface area contributed by atoms with Gasteiger partial charge >= 0.3 is 5.97 Å². The first-order valence-electron chi connectivity index (χ1n) is 13.1. The maximum Gasteiger partial charge on any atom is 0.325 e. The van der Waals surface area contributed by atoms with E-state index in [9.17, 15) is 4.79 Å². The zero-order chi connectivity index (χ0) is 24.9. The van der Waals surface area contributed by atoms with E-state index < -0.39 is 0 Å². The smallest absolute Gasteiger partial charge is 0.325 e. The molecule has 1 aliphatic rings. The molecule has 3 aromatic heterocycles. The summed E-state index contributed by atoms with van der Waals surface area (Å²) in [5.74, 6) is -0.236. The van der Waals surface area contributed by atoms with E-state index in [1.165, 1.54) is 11.3 Å². The van der Waals surface area contributed by atoms with Crippen LogP contribution in [0.3, 0.4) is 0 Å². The Morgan fingerprint density at radius 3 is 2.86 bits per heavy atom. The van der Waals surface area contributed by atoms with Gasteiger partial charge in [-0.25, -0.2) is 0 Å². The molecule has 2 N–H and O–H groups in total. The lowest BCUT2D eigenvalue weighted by atomic mass is 9.90. The van der Waals surface area contributed by atoms with E-state index in [1.54, 1.807) is 0 Å². The number of nitrogens with two attached hydrogens (primary N) is 1. The molecule has 4 aromatic rings. The van der Waals surface area contributed by atoms with Crippen molar-refractivity contribution in [1.82, 2.24) is 19.4 Å². The Hall–Kier alpha value is -3.29. The first kappa shape index (κ1) is 24.4. The lowest BCUT2D eigenvalue weighted by molar-refractivity contribution is -0.143. The largest absolute Gasteiger partial charge is 0.465 e. The summed E-state index contributed by atoms with van der Waals surface area (Å²) in [4.78, 5) is 24.8. The molecule has 0 aliphatic heterocycles. The van der Waals surface area contributed by atoms with E-state index >= 15 is 0 Å². The molecule has 1 aliphatic carbocycles. The van der Waals surface area contributed by atoms with E-state index in [4.69, 9.17) is 20.4 Å². The molecule has 0 fully saturated rings. The number of para-hydroxylation sites is 1. The van der Waals surface area contributed by atoms with Crippen LogP contribution in [0.5, 0.6) is 0 Å². The number of carbonyl (C=O) groups excluding carboxylic acids is 1. The number of hydrogen-bond acceptors (Lipinski definition) is 6. The quantitative estimate of drug-likeness (QED) is 0.257. The molecule has 36 heavy (non-hydrogen) atoms. The molecule has 1 aromatic carbocycles. The summed E-state index contributed by atoms with van der Waals surface area (Å²) in [7, 11) is 0. The molecular weight excluding hydrogens is 450 g/mol. The number of rotatable bonds is 10. The molecule has 1 atom stereocenters. The van der Waals surface area contributed by atoms with Crippen molar-refractivity contribution in [3.8, 4) is 0 Å². The van der Waals surface area contributed by atoms with Crippen molar-refractivity contribution in [1.29, 1.82) is 0 Å². The number of unbranched alkanes of at least 4 members (excludes halogenated alkanes) is 1. The summed E-state index contributed by atoms with van der Waals surface area (Å²) < 4.78 is 7.40. The predicted octanol–water partition coefficient (Wildman–Crippen LogP) is 4.77. The summed E-state index contributed by atoms with van der Waals surface area (Å²) in [6.45, 7) is 4.67. The van der Waals surface area contributed by atoms with Gasteiger partial charge in [-0.1, -0.05) is 24.3 Å². The van der Waals surface area contributed by atoms with E-state index in [-0.39, 0.29) is 18.6 Å². The SMILES string of the molecule is CCOC(=O)Cn1c2ccccc2c2ccnc(CN(CCCCN)[C@H]3CCCc4cccnc43)c21. The van der Waals surface area contributed by atoms with E-state index in [0.29, 0.717) is 19.7 Å². The van der Waals surface area contributed by atoms with Crippen molar-refractivity contribution in [2.75, 3.05) is 19.7 Å². The fourth-order valence-corrected chi connectivity index (χ4v) is 5.63. The minimum absolute atomic E-state index is 0.164. The van der Waals surface area contributed by atoms with Crippen molar-refractivity contribution in [3.05, 3.63) is 71.8 Å². The highest BCUT2D eigenvalue weighted by atomic mass is 16.5. The van der Waals surface area contributed by atoms with Crippen molar-refractivity contribution in [2.45, 2.75) is 58.2 Å². The molecule has 188 valence electrons. The van der Waals surface area contributed by atoms with Crippen LogP contribution in [0.1, 0.15) is 55.6 Å². The van der Waals surface area contributed by atoms with Gasteiger partial charge in [0.1, 0.15) is 6.54 Å². The molecule has 0 amide bonds. The third-order valence-corrected chi connectivity index (χ3v) is 7.21. The first-order valence-corrected chi connectivity index (χ1v) is 13.1. The maximum atomic E-state index is 12.6. The topological polar surface area (TPSA) is 86.3 Å². The maximum absolute atomic E-state index is 12.6. The average Bonchev–Trinajstić information content (AvgIpc) is 3.22. The van der Waals surface area contributed by atoms with Crippen LogP contribution < -0.4 is 5.73 Å². The molecule has 0 radical (unpaired) electrons. The van der Waals surface area contributed by atoms with Crippen LogP contribution in [0.25, 0.3) is 21.8 Å². The number of fused-ring (bicyclic) bond motifs is 4. The van der Waals surface area contributed by atoms with Crippen LogP contribution in [-0.4, -0.2) is 45.1 Å². The normalized spacial score (nSPS) is 15.5. The van der Waals surface area contributed by atoms with E-state index in [0.717, 1.165) is 66.1 Å². The van der Waals surface area contributed by atoms with Crippen LogP contribution in [0, 0.1) is 0 Å². The van der Waals surface area contributed by atoms with Crippen molar-refractivity contribution in [2.24, 2.45) is 5.73 Å². The molecule has 0 unspecified atom stereocenters. The van der Waals surface area contributed by atoms with Crippen LogP contribution in [-0.2, 0) is 29.0 Å². The fourth-order valence-electron chi connectivity index (χ4n) is 5.63. The van der Waals surface area contributed by atoms with Crippen molar-refractivity contribution >= 4 is 27.8 Å². The Bertz CT molecular complexity index is 1350. The zero-order valence-corrected chi connectivity index (χ0v) is 21.0. The first-order chi connectivity index (χ1) is 17.7. The highest BCUT2D eigenvalue weighted by Crippen LogP contribution is 2.36. The van der Waals surface area contributed by atoms with Crippen LogP contribution >= 0.6 is 0 Å². The van der Waals surface area contributed by atoms with Crippen molar-refractivity contribution in [3.63, 3.8) is 0 Å². The van der Waals surface area contributed by atoms with Gasteiger partial charge in [0, 0.05) is 35.2 Å². The number of pyridine rings is 2. The summed E-state index contributed by atoms with van der Waals surface area (Å²) in [5, 5.41) is 2.24. The van der Waals surface area contributed by atoms with Gasteiger partial charge in [-0.15, -0.1) is 0 Å². The summed E-state index contributed by atoms with van der Waals surface area (Å²) in [6.07, 6.45) is 9.12. The van der Waals surface area contributed by atoms with Gasteiger partial charge in [-0.3, -0.25) is 19.7 Å². The number of hydrogen-bond donors (Lipinski definition) is 1. The van der Waals surface area contributed by atoms with Crippen LogP contribution in [0.4, 0.5) is 0 Å². The Kier molecular flexibility index (Phi) is 7.58. The molecular formula is C29H35N5O2. The molecule has 0 saturated heterocycles. The van der Waals surface area contributed by atoms with E-state index in [1.807, 2.05) is 37.5 Å². The molecule has 7 nitrogen and oxygen atoms in total.